The number of rotatable bonds is 4. The summed E-state index contributed by atoms with van der Waals surface area (Å²) in [5.74, 6) is -0.407. The molecule has 0 atom stereocenters. The second kappa shape index (κ2) is 7.46. The van der Waals surface area contributed by atoms with Crippen molar-refractivity contribution in [2.45, 2.75) is 6.54 Å². The van der Waals surface area contributed by atoms with Gasteiger partial charge in [-0.2, -0.15) is 0 Å². The second-order valence-electron chi connectivity index (χ2n) is 5.91. The van der Waals surface area contributed by atoms with E-state index in [1.54, 1.807) is 6.07 Å². The van der Waals surface area contributed by atoms with Crippen molar-refractivity contribution >= 4 is 11.7 Å². The molecule has 7 heteroatoms. The SMILES string of the molecule is CN1CCN(Cc2cccc(NC(=O)c3ccc(F)cn3)n2)CC1. The van der Waals surface area contributed by atoms with Gasteiger partial charge in [0, 0.05) is 32.7 Å². The van der Waals surface area contributed by atoms with Gasteiger partial charge in [0.25, 0.3) is 5.91 Å². The van der Waals surface area contributed by atoms with E-state index in [9.17, 15) is 9.18 Å². The molecule has 3 heterocycles. The van der Waals surface area contributed by atoms with Gasteiger partial charge >= 0.3 is 0 Å². The minimum absolute atomic E-state index is 0.155. The van der Waals surface area contributed by atoms with Crippen molar-refractivity contribution in [2.75, 3.05) is 38.5 Å². The van der Waals surface area contributed by atoms with Crippen molar-refractivity contribution in [3.63, 3.8) is 0 Å². The smallest absolute Gasteiger partial charge is 0.275 e. The van der Waals surface area contributed by atoms with Crippen LogP contribution in [0.1, 0.15) is 16.2 Å². The largest absolute Gasteiger partial charge is 0.305 e. The first kappa shape index (κ1) is 16.5. The monoisotopic (exact) mass is 329 g/mol. The molecule has 6 nitrogen and oxygen atoms in total. The van der Waals surface area contributed by atoms with Crippen LogP contribution in [-0.4, -0.2) is 58.9 Å². The molecule has 0 bridgehead atoms. The Morgan fingerprint density at radius 3 is 2.71 bits per heavy atom. The predicted molar refractivity (Wildman–Crippen MR) is 89.2 cm³/mol. The number of likely N-dealkylation sites (N-methyl/N-ethyl adjacent to an activating group) is 1. The topological polar surface area (TPSA) is 61.4 Å². The highest BCUT2D eigenvalue weighted by atomic mass is 19.1. The lowest BCUT2D eigenvalue weighted by Crippen LogP contribution is -2.44. The van der Waals surface area contributed by atoms with Crippen LogP contribution in [0.2, 0.25) is 0 Å². The van der Waals surface area contributed by atoms with Crippen molar-refractivity contribution in [2.24, 2.45) is 0 Å². The zero-order chi connectivity index (χ0) is 16.9. The molecule has 24 heavy (non-hydrogen) atoms. The second-order valence-corrected chi connectivity index (χ2v) is 5.91. The van der Waals surface area contributed by atoms with E-state index in [1.807, 2.05) is 12.1 Å². The lowest BCUT2D eigenvalue weighted by molar-refractivity contribution is 0.102. The molecule has 2 aromatic heterocycles. The van der Waals surface area contributed by atoms with Gasteiger partial charge in [0.2, 0.25) is 0 Å². The molecule has 0 spiro atoms. The van der Waals surface area contributed by atoms with Gasteiger partial charge in [0.15, 0.2) is 0 Å². The summed E-state index contributed by atoms with van der Waals surface area (Å²) < 4.78 is 12.9. The maximum atomic E-state index is 12.9. The standard InChI is InChI=1S/C17H20FN5O/c1-22-7-9-23(10-8-22)12-14-3-2-4-16(20-14)21-17(24)15-6-5-13(18)11-19-15/h2-6,11H,7-10,12H2,1H3,(H,20,21,24). The quantitative estimate of drug-likeness (QED) is 0.923. The summed E-state index contributed by atoms with van der Waals surface area (Å²) in [6.07, 6.45) is 1.02. The first-order chi connectivity index (χ1) is 11.6. The molecule has 1 saturated heterocycles. The van der Waals surface area contributed by atoms with Crippen LogP contribution in [0.3, 0.4) is 0 Å². The Hall–Kier alpha value is -2.38. The number of nitrogens with one attached hydrogen (secondary N) is 1. The molecular weight excluding hydrogens is 309 g/mol. The molecule has 0 saturated carbocycles. The predicted octanol–water partition coefficient (Wildman–Crippen LogP) is 1.62. The van der Waals surface area contributed by atoms with Crippen molar-refractivity contribution in [1.82, 2.24) is 19.8 Å². The minimum atomic E-state index is -0.473. The molecule has 0 aromatic carbocycles. The van der Waals surface area contributed by atoms with E-state index in [0.717, 1.165) is 44.6 Å². The van der Waals surface area contributed by atoms with Crippen molar-refractivity contribution in [1.29, 1.82) is 0 Å². The normalized spacial score (nSPS) is 16.1. The maximum absolute atomic E-state index is 12.9. The van der Waals surface area contributed by atoms with Gasteiger partial charge in [-0.25, -0.2) is 14.4 Å². The van der Waals surface area contributed by atoms with Crippen LogP contribution < -0.4 is 5.32 Å². The maximum Gasteiger partial charge on any atom is 0.275 e. The van der Waals surface area contributed by atoms with Crippen LogP contribution in [0.5, 0.6) is 0 Å². The third-order valence-corrected chi connectivity index (χ3v) is 3.99. The molecule has 0 radical (unpaired) electrons. The minimum Gasteiger partial charge on any atom is -0.305 e. The molecular formula is C17H20FN5O. The summed E-state index contributed by atoms with van der Waals surface area (Å²) in [5, 5.41) is 2.70. The van der Waals surface area contributed by atoms with Crippen molar-refractivity contribution < 1.29 is 9.18 Å². The molecule has 3 rings (SSSR count). The highest BCUT2D eigenvalue weighted by Gasteiger charge is 2.15. The average molecular weight is 329 g/mol. The van der Waals surface area contributed by atoms with Gasteiger partial charge in [-0.05, 0) is 31.3 Å². The summed E-state index contributed by atoms with van der Waals surface area (Å²) in [4.78, 5) is 25.0. The summed E-state index contributed by atoms with van der Waals surface area (Å²) >= 11 is 0. The lowest BCUT2D eigenvalue weighted by atomic mass is 10.2. The van der Waals surface area contributed by atoms with Crippen molar-refractivity contribution in [3.05, 3.63) is 53.7 Å². The number of pyridine rings is 2. The van der Waals surface area contributed by atoms with Gasteiger partial charge in [-0.3, -0.25) is 9.69 Å². The van der Waals surface area contributed by atoms with Gasteiger partial charge in [0.1, 0.15) is 17.3 Å². The van der Waals surface area contributed by atoms with E-state index >= 15 is 0 Å². The number of anilines is 1. The number of halogens is 1. The van der Waals surface area contributed by atoms with Gasteiger partial charge in [-0.1, -0.05) is 6.07 Å². The number of nitrogens with zero attached hydrogens (tertiary/aromatic N) is 4. The number of carbonyl (C=O) groups is 1. The van der Waals surface area contributed by atoms with Gasteiger partial charge in [0.05, 0.1) is 11.9 Å². The molecule has 1 aliphatic rings. The van der Waals surface area contributed by atoms with E-state index in [1.165, 1.54) is 12.1 Å². The Bertz CT molecular complexity index is 698. The van der Waals surface area contributed by atoms with Crippen molar-refractivity contribution in [3.8, 4) is 0 Å². The third-order valence-electron chi connectivity index (χ3n) is 3.99. The molecule has 2 aromatic rings. The number of carbonyl (C=O) groups excluding carboxylic acids is 1. The number of hydrogen-bond donors (Lipinski definition) is 1. The highest BCUT2D eigenvalue weighted by molar-refractivity contribution is 6.02. The van der Waals surface area contributed by atoms with Gasteiger partial charge in [-0.15, -0.1) is 0 Å². The zero-order valence-corrected chi connectivity index (χ0v) is 13.6. The van der Waals surface area contributed by atoms with E-state index in [4.69, 9.17) is 0 Å². The Morgan fingerprint density at radius 1 is 1.21 bits per heavy atom. The van der Waals surface area contributed by atoms with Crippen LogP contribution in [0.4, 0.5) is 10.2 Å². The molecule has 1 aliphatic heterocycles. The molecule has 126 valence electrons. The molecule has 0 unspecified atom stereocenters. The van der Waals surface area contributed by atoms with E-state index < -0.39 is 11.7 Å². The zero-order valence-electron chi connectivity index (χ0n) is 13.6. The first-order valence-corrected chi connectivity index (χ1v) is 7.90. The van der Waals surface area contributed by atoms with Crippen LogP contribution in [0.15, 0.2) is 36.5 Å². The summed E-state index contributed by atoms with van der Waals surface area (Å²) in [5.41, 5.74) is 1.06. The molecule has 1 fully saturated rings. The van der Waals surface area contributed by atoms with E-state index in [2.05, 4.69) is 32.1 Å². The van der Waals surface area contributed by atoms with Gasteiger partial charge < -0.3 is 10.2 Å². The van der Waals surface area contributed by atoms with Crippen LogP contribution in [-0.2, 0) is 6.54 Å². The van der Waals surface area contributed by atoms with Crippen LogP contribution in [0.25, 0.3) is 0 Å². The van der Waals surface area contributed by atoms with Crippen LogP contribution in [0, 0.1) is 5.82 Å². The molecule has 1 N–H and O–H groups in total. The van der Waals surface area contributed by atoms with Crippen LogP contribution >= 0.6 is 0 Å². The molecule has 0 aliphatic carbocycles. The summed E-state index contributed by atoms with van der Waals surface area (Å²) in [6, 6.07) is 8.10. The van der Waals surface area contributed by atoms with E-state index in [-0.39, 0.29) is 5.69 Å². The number of amides is 1. The lowest BCUT2D eigenvalue weighted by Gasteiger charge is -2.32. The summed E-state index contributed by atoms with van der Waals surface area (Å²) in [6.45, 7) is 4.87. The summed E-state index contributed by atoms with van der Waals surface area (Å²) in [7, 11) is 2.12. The van der Waals surface area contributed by atoms with E-state index in [0.29, 0.717) is 5.82 Å². The fourth-order valence-corrected chi connectivity index (χ4v) is 2.56. The fourth-order valence-electron chi connectivity index (χ4n) is 2.56. The number of piperazine rings is 1. The highest BCUT2D eigenvalue weighted by Crippen LogP contribution is 2.10. The fraction of sp³-hybridized carbons (Fsp3) is 0.353. The first-order valence-electron chi connectivity index (χ1n) is 7.90. The molecule has 1 amide bonds. The Kier molecular flexibility index (Phi) is 5.12. The Morgan fingerprint density at radius 2 is 2.00 bits per heavy atom. The number of hydrogen-bond acceptors (Lipinski definition) is 5. The Labute approximate surface area is 140 Å². The average Bonchev–Trinajstić information content (AvgIpc) is 2.58. The third kappa shape index (κ3) is 4.33. The number of aromatic nitrogens is 2. The Balaban J connectivity index is 1.62.